The molecule has 1 aliphatic carbocycles. The first kappa shape index (κ1) is 13.5. The molecule has 0 spiro atoms. The van der Waals surface area contributed by atoms with Crippen LogP contribution < -0.4 is 0 Å². The number of carbonyl (C=O) groups excluding carboxylic acids is 2. The summed E-state index contributed by atoms with van der Waals surface area (Å²) in [6, 6.07) is 0. The van der Waals surface area contributed by atoms with Gasteiger partial charge >= 0.3 is 5.97 Å². The van der Waals surface area contributed by atoms with E-state index in [1.54, 1.807) is 0 Å². The van der Waals surface area contributed by atoms with E-state index in [4.69, 9.17) is 0 Å². The third-order valence-corrected chi connectivity index (χ3v) is 2.99. The fraction of sp³-hybridized carbons (Fsp3) is 0.667. The van der Waals surface area contributed by atoms with Crippen LogP contribution in [0.5, 0.6) is 0 Å². The number of methoxy groups -OCH3 is 1. The van der Waals surface area contributed by atoms with Crippen LogP contribution in [0.2, 0.25) is 0 Å². The Morgan fingerprint density at radius 3 is 2.79 bits per heavy atom. The molecule has 1 heterocycles. The van der Waals surface area contributed by atoms with Gasteiger partial charge in [-0.3, -0.25) is 14.7 Å². The average Bonchev–Trinajstić information content (AvgIpc) is 3.15. The van der Waals surface area contributed by atoms with Gasteiger partial charge in [-0.15, -0.1) is 5.10 Å². The van der Waals surface area contributed by atoms with Crippen molar-refractivity contribution in [2.24, 2.45) is 0 Å². The number of H-pyrrole nitrogens is 1. The number of rotatable bonds is 6. The second kappa shape index (κ2) is 5.81. The summed E-state index contributed by atoms with van der Waals surface area (Å²) in [5, 5.41) is 6.72. The Bertz CT molecular complexity index is 467. The Labute approximate surface area is 111 Å². The van der Waals surface area contributed by atoms with E-state index in [0.717, 1.165) is 25.1 Å². The number of esters is 1. The zero-order valence-corrected chi connectivity index (χ0v) is 11.2. The summed E-state index contributed by atoms with van der Waals surface area (Å²) in [6.45, 7) is 2.34. The number of carbonyl (C=O) groups is 2. The highest BCUT2D eigenvalue weighted by Gasteiger charge is 2.29. The van der Waals surface area contributed by atoms with Crippen molar-refractivity contribution >= 4 is 11.9 Å². The van der Waals surface area contributed by atoms with Gasteiger partial charge < -0.3 is 9.64 Å². The first-order valence-electron chi connectivity index (χ1n) is 6.44. The molecule has 7 nitrogen and oxygen atoms in total. The lowest BCUT2D eigenvalue weighted by Gasteiger charge is -2.18. The molecule has 1 saturated carbocycles. The van der Waals surface area contributed by atoms with Crippen LogP contribution in [0.3, 0.4) is 0 Å². The molecule has 0 radical (unpaired) electrons. The molecule has 1 amide bonds. The smallest absolute Gasteiger partial charge is 0.325 e. The first-order valence-corrected chi connectivity index (χ1v) is 6.44. The van der Waals surface area contributed by atoms with E-state index in [1.807, 2.05) is 6.92 Å². The number of ether oxygens (including phenoxy) is 1. The number of nitrogens with zero attached hydrogens (tertiary/aromatic N) is 3. The summed E-state index contributed by atoms with van der Waals surface area (Å²) in [5.74, 6) is 0.515. The Morgan fingerprint density at radius 1 is 1.47 bits per heavy atom. The lowest BCUT2D eigenvalue weighted by molar-refractivity contribution is -0.141. The summed E-state index contributed by atoms with van der Waals surface area (Å²) >= 11 is 0. The Hall–Kier alpha value is -1.92. The van der Waals surface area contributed by atoms with Crippen LogP contribution in [0.4, 0.5) is 0 Å². The number of aromatic amines is 1. The van der Waals surface area contributed by atoms with E-state index in [0.29, 0.717) is 12.5 Å². The van der Waals surface area contributed by atoms with Crippen LogP contribution >= 0.6 is 0 Å². The molecule has 1 N–H and O–H groups in total. The summed E-state index contributed by atoms with van der Waals surface area (Å²) in [4.78, 5) is 29.1. The fourth-order valence-electron chi connectivity index (χ4n) is 1.79. The maximum atomic E-state index is 12.2. The van der Waals surface area contributed by atoms with Crippen molar-refractivity contribution < 1.29 is 14.3 Å². The maximum Gasteiger partial charge on any atom is 0.325 e. The van der Waals surface area contributed by atoms with Crippen LogP contribution in [0.25, 0.3) is 0 Å². The van der Waals surface area contributed by atoms with Crippen molar-refractivity contribution in [2.75, 3.05) is 20.2 Å². The van der Waals surface area contributed by atoms with Gasteiger partial charge in [0.1, 0.15) is 12.4 Å². The zero-order valence-electron chi connectivity index (χ0n) is 11.2. The SMILES string of the molecule is CCCN(CC(=O)OC)C(=O)c1n[nH]c(C2CC2)n1. The lowest BCUT2D eigenvalue weighted by atomic mass is 10.3. The van der Waals surface area contributed by atoms with Crippen molar-refractivity contribution in [3.05, 3.63) is 11.6 Å². The largest absolute Gasteiger partial charge is 0.468 e. The summed E-state index contributed by atoms with van der Waals surface area (Å²) in [7, 11) is 1.30. The highest BCUT2D eigenvalue weighted by Crippen LogP contribution is 2.37. The minimum atomic E-state index is -0.445. The molecule has 1 fully saturated rings. The molecule has 0 aliphatic heterocycles. The Kier molecular flexibility index (Phi) is 4.13. The van der Waals surface area contributed by atoms with Gasteiger partial charge in [-0.1, -0.05) is 6.92 Å². The quantitative estimate of drug-likeness (QED) is 0.766. The maximum absolute atomic E-state index is 12.2. The van der Waals surface area contributed by atoms with Gasteiger partial charge in [-0.25, -0.2) is 4.98 Å². The topological polar surface area (TPSA) is 88.2 Å². The molecular formula is C12H18N4O3. The molecule has 0 aromatic carbocycles. The number of amides is 1. The predicted octanol–water partition coefficient (Wildman–Crippen LogP) is 0.707. The Morgan fingerprint density at radius 2 is 2.21 bits per heavy atom. The van der Waals surface area contributed by atoms with Crippen LogP contribution in [0.1, 0.15) is 48.5 Å². The van der Waals surface area contributed by atoms with Gasteiger partial charge in [0.25, 0.3) is 5.91 Å². The Balaban J connectivity index is 2.05. The van der Waals surface area contributed by atoms with Crippen molar-refractivity contribution in [1.29, 1.82) is 0 Å². The van der Waals surface area contributed by atoms with Crippen LogP contribution in [0.15, 0.2) is 0 Å². The van der Waals surface area contributed by atoms with Crippen molar-refractivity contribution in [3.63, 3.8) is 0 Å². The second-order valence-corrected chi connectivity index (χ2v) is 4.62. The second-order valence-electron chi connectivity index (χ2n) is 4.62. The van der Waals surface area contributed by atoms with E-state index < -0.39 is 5.97 Å². The molecule has 0 atom stereocenters. The average molecular weight is 266 g/mol. The van der Waals surface area contributed by atoms with Gasteiger partial charge in [-0.05, 0) is 19.3 Å². The van der Waals surface area contributed by atoms with Gasteiger partial charge in [0.15, 0.2) is 0 Å². The molecule has 0 unspecified atom stereocenters. The number of hydrogen-bond donors (Lipinski definition) is 1. The van der Waals surface area contributed by atoms with Gasteiger partial charge in [0, 0.05) is 12.5 Å². The standard InChI is InChI=1S/C12H18N4O3/c1-3-6-16(7-9(17)19-2)12(18)11-13-10(14-15-11)8-4-5-8/h8H,3-7H2,1-2H3,(H,13,14,15). The third-order valence-electron chi connectivity index (χ3n) is 2.99. The van der Waals surface area contributed by atoms with Gasteiger partial charge in [0.05, 0.1) is 7.11 Å². The van der Waals surface area contributed by atoms with Crippen LogP contribution in [-0.2, 0) is 9.53 Å². The fourth-order valence-corrected chi connectivity index (χ4v) is 1.79. The molecule has 0 bridgehead atoms. The molecule has 0 saturated heterocycles. The molecule has 7 heteroatoms. The highest BCUT2D eigenvalue weighted by molar-refractivity contribution is 5.92. The summed E-state index contributed by atoms with van der Waals surface area (Å²) in [5.41, 5.74) is 0. The summed E-state index contributed by atoms with van der Waals surface area (Å²) < 4.78 is 4.59. The first-order chi connectivity index (χ1) is 9.15. The van der Waals surface area contributed by atoms with E-state index in [2.05, 4.69) is 19.9 Å². The molecule has 104 valence electrons. The van der Waals surface area contributed by atoms with Crippen molar-refractivity contribution in [1.82, 2.24) is 20.1 Å². The summed E-state index contributed by atoms with van der Waals surface area (Å²) in [6.07, 6.45) is 2.93. The van der Waals surface area contributed by atoms with E-state index in [-0.39, 0.29) is 18.3 Å². The van der Waals surface area contributed by atoms with E-state index in [9.17, 15) is 9.59 Å². The van der Waals surface area contributed by atoms with Gasteiger partial charge in [0.2, 0.25) is 5.82 Å². The van der Waals surface area contributed by atoms with E-state index in [1.165, 1.54) is 12.0 Å². The molecule has 1 aromatic rings. The molecule has 1 aromatic heterocycles. The highest BCUT2D eigenvalue weighted by atomic mass is 16.5. The molecule has 1 aliphatic rings. The molecular weight excluding hydrogens is 248 g/mol. The van der Waals surface area contributed by atoms with Gasteiger partial charge in [-0.2, -0.15) is 0 Å². The monoisotopic (exact) mass is 266 g/mol. The number of hydrogen-bond acceptors (Lipinski definition) is 5. The van der Waals surface area contributed by atoms with Crippen molar-refractivity contribution in [3.8, 4) is 0 Å². The van der Waals surface area contributed by atoms with Crippen molar-refractivity contribution in [2.45, 2.75) is 32.1 Å². The number of nitrogens with one attached hydrogen (secondary N) is 1. The lowest BCUT2D eigenvalue weighted by Crippen LogP contribution is -2.37. The predicted molar refractivity (Wildman–Crippen MR) is 66.6 cm³/mol. The number of aromatic nitrogens is 3. The molecule has 19 heavy (non-hydrogen) atoms. The third kappa shape index (κ3) is 3.30. The molecule has 2 rings (SSSR count). The van der Waals surface area contributed by atoms with E-state index >= 15 is 0 Å². The van der Waals surface area contributed by atoms with Crippen LogP contribution in [-0.4, -0.2) is 52.2 Å². The minimum Gasteiger partial charge on any atom is -0.468 e. The zero-order chi connectivity index (χ0) is 13.8. The van der Waals surface area contributed by atoms with Crippen LogP contribution in [0, 0.1) is 0 Å². The normalized spacial score (nSPS) is 14.2. The minimum absolute atomic E-state index is 0.0729.